The Kier molecular flexibility index (Phi) is 5.31. The summed E-state index contributed by atoms with van der Waals surface area (Å²) in [5, 5.41) is 2.87. The van der Waals surface area contributed by atoms with Crippen molar-refractivity contribution in [3.05, 3.63) is 51.6 Å². The largest absolute Gasteiger partial charge is 0.496 e. The highest BCUT2D eigenvalue weighted by Gasteiger charge is 2.13. The van der Waals surface area contributed by atoms with Crippen LogP contribution in [0.15, 0.2) is 47.4 Å². The second kappa shape index (κ2) is 6.99. The molecule has 0 saturated heterocycles. The maximum atomic E-state index is 12.3. The van der Waals surface area contributed by atoms with E-state index in [9.17, 15) is 4.79 Å². The Morgan fingerprint density at radius 1 is 1.20 bits per heavy atom. The zero-order chi connectivity index (χ0) is 14.5. The van der Waals surface area contributed by atoms with Crippen LogP contribution in [0.4, 0.5) is 5.69 Å². The number of benzene rings is 2. The second-order valence-electron chi connectivity index (χ2n) is 4.03. The molecule has 0 radical (unpaired) electrons. The first-order chi connectivity index (χ1) is 9.63. The molecule has 1 N–H and O–H groups in total. The Balaban J connectivity index is 2.22. The SMILES string of the molecule is COc1cc(SC)ccc1C(=O)Nc1ccc(I)cc1. The van der Waals surface area contributed by atoms with Gasteiger partial charge in [0.05, 0.1) is 12.7 Å². The molecular formula is C15H14INO2S. The number of carbonyl (C=O) groups is 1. The van der Waals surface area contributed by atoms with Gasteiger partial charge in [0.2, 0.25) is 0 Å². The number of anilines is 1. The average molecular weight is 399 g/mol. The van der Waals surface area contributed by atoms with Gasteiger partial charge in [-0.3, -0.25) is 4.79 Å². The first kappa shape index (κ1) is 15.2. The number of rotatable bonds is 4. The Hall–Kier alpha value is -1.21. The van der Waals surface area contributed by atoms with Crippen molar-refractivity contribution in [2.45, 2.75) is 4.90 Å². The number of thioether (sulfide) groups is 1. The lowest BCUT2D eigenvalue weighted by Gasteiger charge is -2.10. The van der Waals surface area contributed by atoms with Crippen molar-refractivity contribution < 1.29 is 9.53 Å². The fraction of sp³-hybridized carbons (Fsp3) is 0.133. The molecule has 20 heavy (non-hydrogen) atoms. The minimum atomic E-state index is -0.171. The fourth-order valence-corrected chi connectivity index (χ4v) is 2.51. The molecule has 0 heterocycles. The summed E-state index contributed by atoms with van der Waals surface area (Å²) >= 11 is 3.84. The number of ether oxygens (including phenoxy) is 1. The Labute approximate surface area is 136 Å². The lowest BCUT2D eigenvalue weighted by atomic mass is 10.2. The molecule has 2 aromatic rings. The smallest absolute Gasteiger partial charge is 0.259 e. The molecule has 0 aliphatic heterocycles. The zero-order valence-corrected chi connectivity index (χ0v) is 14.1. The Morgan fingerprint density at radius 3 is 2.50 bits per heavy atom. The predicted molar refractivity (Wildman–Crippen MR) is 91.9 cm³/mol. The van der Waals surface area contributed by atoms with E-state index in [1.807, 2.05) is 42.7 Å². The summed E-state index contributed by atoms with van der Waals surface area (Å²) in [6, 6.07) is 13.2. The molecule has 0 aromatic heterocycles. The zero-order valence-electron chi connectivity index (χ0n) is 11.1. The summed E-state index contributed by atoms with van der Waals surface area (Å²) < 4.78 is 6.42. The molecular weight excluding hydrogens is 385 g/mol. The summed E-state index contributed by atoms with van der Waals surface area (Å²) in [5.41, 5.74) is 1.30. The molecule has 5 heteroatoms. The van der Waals surface area contributed by atoms with E-state index >= 15 is 0 Å². The van der Waals surface area contributed by atoms with E-state index in [0.717, 1.165) is 14.2 Å². The van der Waals surface area contributed by atoms with E-state index in [2.05, 4.69) is 27.9 Å². The molecule has 0 spiro atoms. The number of halogens is 1. The molecule has 0 saturated carbocycles. The van der Waals surface area contributed by atoms with E-state index in [-0.39, 0.29) is 5.91 Å². The second-order valence-corrected chi connectivity index (χ2v) is 6.15. The van der Waals surface area contributed by atoms with E-state index in [0.29, 0.717) is 11.3 Å². The van der Waals surface area contributed by atoms with Crippen LogP contribution in [0.5, 0.6) is 5.75 Å². The van der Waals surface area contributed by atoms with Gasteiger partial charge in [-0.1, -0.05) is 0 Å². The monoisotopic (exact) mass is 399 g/mol. The van der Waals surface area contributed by atoms with Crippen LogP contribution in [0.2, 0.25) is 0 Å². The topological polar surface area (TPSA) is 38.3 Å². The standard InChI is InChI=1S/C15H14INO2S/c1-19-14-9-12(20-2)7-8-13(14)15(18)17-11-5-3-10(16)4-6-11/h3-9H,1-2H3,(H,17,18). The minimum absolute atomic E-state index is 0.171. The quantitative estimate of drug-likeness (QED) is 0.617. The number of hydrogen-bond donors (Lipinski definition) is 1. The van der Waals surface area contributed by atoms with Crippen LogP contribution in [0, 0.1) is 3.57 Å². The van der Waals surface area contributed by atoms with Gasteiger partial charge in [-0.15, -0.1) is 11.8 Å². The first-order valence-electron chi connectivity index (χ1n) is 5.93. The summed E-state index contributed by atoms with van der Waals surface area (Å²) in [7, 11) is 1.57. The number of nitrogens with one attached hydrogen (secondary N) is 1. The fourth-order valence-electron chi connectivity index (χ4n) is 1.72. The van der Waals surface area contributed by atoms with Crippen LogP contribution in [-0.4, -0.2) is 19.3 Å². The van der Waals surface area contributed by atoms with Gasteiger partial charge in [0, 0.05) is 14.2 Å². The van der Waals surface area contributed by atoms with E-state index in [4.69, 9.17) is 4.74 Å². The van der Waals surface area contributed by atoms with E-state index < -0.39 is 0 Å². The predicted octanol–water partition coefficient (Wildman–Crippen LogP) is 4.27. The third-order valence-corrected chi connectivity index (χ3v) is 4.20. The molecule has 104 valence electrons. The molecule has 0 aliphatic carbocycles. The van der Waals surface area contributed by atoms with Crippen LogP contribution < -0.4 is 10.1 Å². The van der Waals surface area contributed by atoms with Crippen LogP contribution >= 0.6 is 34.4 Å². The molecule has 1 amide bonds. The molecule has 0 aliphatic rings. The van der Waals surface area contributed by atoms with Crippen molar-refractivity contribution in [1.82, 2.24) is 0 Å². The van der Waals surface area contributed by atoms with Crippen molar-refractivity contribution in [2.24, 2.45) is 0 Å². The van der Waals surface area contributed by atoms with Gasteiger partial charge in [0.15, 0.2) is 0 Å². The molecule has 0 fully saturated rings. The molecule has 0 unspecified atom stereocenters. The maximum Gasteiger partial charge on any atom is 0.259 e. The highest BCUT2D eigenvalue weighted by atomic mass is 127. The van der Waals surface area contributed by atoms with Crippen molar-refractivity contribution in [1.29, 1.82) is 0 Å². The summed E-state index contributed by atoms with van der Waals surface area (Å²) in [4.78, 5) is 13.3. The van der Waals surface area contributed by atoms with E-state index in [1.165, 1.54) is 0 Å². The van der Waals surface area contributed by atoms with Crippen LogP contribution in [0.25, 0.3) is 0 Å². The third-order valence-electron chi connectivity index (χ3n) is 2.76. The molecule has 2 rings (SSSR count). The first-order valence-corrected chi connectivity index (χ1v) is 8.23. The van der Waals surface area contributed by atoms with Gasteiger partial charge >= 0.3 is 0 Å². The van der Waals surface area contributed by atoms with Crippen molar-refractivity contribution in [2.75, 3.05) is 18.7 Å². The number of methoxy groups -OCH3 is 1. The summed E-state index contributed by atoms with van der Waals surface area (Å²) in [6.07, 6.45) is 1.99. The van der Waals surface area contributed by atoms with Gasteiger partial charge in [-0.25, -0.2) is 0 Å². The normalized spacial score (nSPS) is 10.2. The van der Waals surface area contributed by atoms with Crippen molar-refractivity contribution >= 4 is 45.9 Å². The molecule has 2 aromatic carbocycles. The maximum absolute atomic E-state index is 12.3. The number of carbonyl (C=O) groups excluding carboxylic acids is 1. The lowest BCUT2D eigenvalue weighted by molar-refractivity contribution is 0.102. The Bertz CT molecular complexity index is 614. The van der Waals surface area contributed by atoms with Gasteiger partial charge in [-0.2, -0.15) is 0 Å². The number of hydrogen-bond acceptors (Lipinski definition) is 3. The molecule has 3 nitrogen and oxygen atoms in total. The van der Waals surface area contributed by atoms with E-state index in [1.54, 1.807) is 24.9 Å². The van der Waals surface area contributed by atoms with Gasteiger partial charge in [0.1, 0.15) is 5.75 Å². The third kappa shape index (κ3) is 3.67. The lowest BCUT2D eigenvalue weighted by Crippen LogP contribution is -2.13. The number of amides is 1. The van der Waals surface area contributed by atoms with Crippen molar-refractivity contribution in [3.8, 4) is 5.75 Å². The Morgan fingerprint density at radius 2 is 1.90 bits per heavy atom. The van der Waals surface area contributed by atoms with Gasteiger partial charge in [0.25, 0.3) is 5.91 Å². The van der Waals surface area contributed by atoms with Crippen LogP contribution in [0.3, 0.4) is 0 Å². The summed E-state index contributed by atoms with van der Waals surface area (Å²) in [5.74, 6) is 0.413. The van der Waals surface area contributed by atoms with Crippen LogP contribution in [0.1, 0.15) is 10.4 Å². The average Bonchev–Trinajstić information content (AvgIpc) is 2.48. The molecule has 0 atom stereocenters. The van der Waals surface area contributed by atoms with Gasteiger partial charge in [-0.05, 0) is 71.3 Å². The van der Waals surface area contributed by atoms with Gasteiger partial charge < -0.3 is 10.1 Å². The van der Waals surface area contributed by atoms with Crippen LogP contribution in [-0.2, 0) is 0 Å². The summed E-state index contributed by atoms with van der Waals surface area (Å²) in [6.45, 7) is 0. The minimum Gasteiger partial charge on any atom is -0.496 e. The molecule has 0 bridgehead atoms. The van der Waals surface area contributed by atoms with Crippen molar-refractivity contribution in [3.63, 3.8) is 0 Å². The highest BCUT2D eigenvalue weighted by Crippen LogP contribution is 2.26. The highest BCUT2D eigenvalue weighted by molar-refractivity contribution is 14.1.